The number of amides is 13. The summed E-state index contributed by atoms with van der Waals surface area (Å²) in [6, 6.07) is 49.8. The Labute approximate surface area is 838 Å². The highest BCUT2D eigenvalue weighted by molar-refractivity contribution is 6.02. The number of hydrogen-bond donors (Lipinski definition) is 18. The number of rotatable bonds is 48. The summed E-state index contributed by atoms with van der Waals surface area (Å²) in [7, 11) is 0. The third kappa shape index (κ3) is 29.0. The van der Waals surface area contributed by atoms with E-state index in [0.717, 1.165) is 53.9 Å². The number of nitrogens with one attached hydrogen (secondary N) is 13. The van der Waals surface area contributed by atoms with Gasteiger partial charge in [0.25, 0.3) is 0 Å². The minimum atomic E-state index is -1.47. The summed E-state index contributed by atoms with van der Waals surface area (Å²) < 4.78 is 0. The van der Waals surface area contributed by atoms with Crippen molar-refractivity contribution in [3.63, 3.8) is 0 Å². The number of nitrogens with two attached hydrogens (primary N) is 5. The predicted octanol–water partition coefficient (Wildman–Crippen LogP) is 6.86. The van der Waals surface area contributed by atoms with Crippen LogP contribution in [0.25, 0.3) is 53.9 Å². The second-order valence-electron chi connectivity index (χ2n) is 38.7. The number of primary amides is 1. The molecule has 3 fully saturated rings. The van der Waals surface area contributed by atoms with Crippen molar-refractivity contribution in [3.8, 4) is 0 Å². The van der Waals surface area contributed by atoms with E-state index in [-0.39, 0.29) is 153 Å². The highest BCUT2D eigenvalue weighted by Gasteiger charge is 2.45. The maximum atomic E-state index is 16.2. The first kappa shape index (κ1) is 106. The van der Waals surface area contributed by atoms with Crippen LogP contribution in [0.4, 0.5) is 0 Å². The predicted molar refractivity (Wildman–Crippen MR) is 557 cm³/mol. The molecule has 3 aliphatic rings. The van der Waals surface area contributed by atoms with E-state index in [1.807, 2.05) is 240 Å². The Morgan fingerprint density at radius 1 is 0.333 bits per heavy atom. The lowest BCUT2D eigenvalue weighted by Gasteiger charge is -2.32. The van der Waals surface area contributed by atoms with Gasteiger partial charge in [-0.1, -0.05) is 246 Å². The van der Waals surface area contributed by atoms with Gasteiger partial charge in [0.05, 0.1) is 6.04 Å². The van der Waals surface area contributed by atoms with Crippen molar-refractivity contribution in [1.82, 2.24) is 73.2 Å². The second kappa shape index (κ2) is 51.1. The van der Waals surface area contributed by atoms with E-state index in [1.54, 1.807) is 0 Å². The number of likely N-dealkylation sites (tertiary alicyclic amines) is 3. The third-order valence-electron chi connectivity index (χ3n) is 27.6. The van der Waals surface area contributed by atoms with Gasteiger partial charge >= 0.3 is 0 Å². The molecule has 13 rings (SSSR count). The van der Waals surface area contributed by atoms with Gasteiger partial charge in [0, 0.05) is 64.8 Å². The molecule has 10 aromatic rings. The van der Waals surface area contributed by atoms with E-state index in [4.69, 9.17) is 39.5 Å². The van der Waals surface area contributed by atoms with Crippen molar-refractivity contribution in [2.24, 2.45) is 40.5 Å². The molecule has 0 unspecified atom stereocenters. The summed E-state index contributed by atoms with van der Waals surface area (Å²) in [5, 5.41) is 55.9. The van der Waals surface area contributed by atoms with Crippen LogP contribution in [0.2, 0.25) is 0 Å². The summed E-state index contributed by atoms with van der Waals surface area (Å²) in [5.41, 5.74) is 32.6. The van der Waals surface area contributed by atoms with Gasteiger partial charge in [-0.3, -0.25) is 73.1 Å². The Hall–Kier alpha value is -14.9. The second-order valence-corrected chi connectivity index (χ2v) is 38.7. The molecule has 14 atom stereocenters. The van der Waals surface area contributed by atoms with E-state index >= 15 is 43.2 Å². The molecule has 0 radical (unpaired) electrons. The molecule has 34 heteroatoms. The summed E-state index contributed by atoms with van der Waals surface area (Å²) in [6.45, 7) is 8.42. The number of benzene rings is 10. The molecule has 10 aromatic carbocycles. The van der Waals surface area contributed by atoms with Gasteiger partial charge in [-0.15, -0.1) is 0 Å². The molecule has 3 saturated heterocycles. The van der Waals surface area contributed by atoms with E-state index in [2.05, 4.69) is 58.5 Å². The first-order valence-electron chi connectivity index (χ1n) is 50.3. The SMILES string of the molecule is CC[C@H](C)[C@H](N)C(=O)N[C@@H](CC(C)C)C(=O)N1CCC[C@H]1C(=O)N[C@@H](Cc1ccc2ccccc2c1)C(=O)N[C@@H](CCCCN)C(=O)N[C@@H](Cc1ccc2ccccc2c1)C(=O)N1CCC[C@H]1C(=O)N[C@@H](Cc1ccc2ccccc2c1)C(=O)N[C@@H](Cc1ccc2ccccc2c1)C(=O)N1CCC[C@H]1C(=O)N[C@@H](Cc1ccc2ccccc2c1)C(=O)N[C@@H](CCCNC(=N)N)C(=O)N[C@@H](CCCNC(=N)N)C(N)=O. The quantitative estimate of drug-likeness (QED) is 0.0105. The topological polar surface area (TPSA) is 542 Å². The fraction of sp³-hybridized carbons (Fsp3) is 0.409. The molecule has 760 valence electrons. The molecule has 144 heavy (non-hydrogen) atoms. The lowest BCUT2D eigenvalue weighted by molar-refractivity contribution is -0.143. The number of hydrogen-bond acceptors (Lipinski definition) is 17. The van der Waals surface area contributed by atoms with Crippen molar-refractivity contribution >= 4 is 143 Å². The molecule has 3 aliphatic heterocycles. The molecule has 23 N–H and O–H groups in total. The van der Waals surface area contributed by atoms with Crippen LogP contribution in [0.1, 0.15) is 152 Å². The van der Waals surface area contributed by atoms with Gasteiger partial charge in [0.15, 0.2) is 11.9 Å². The van der Waals surface area contributed by atoms with Gasteiger partial charge < -0.3 is 102 Å². The Kier molecular flexibility index (Phi) is 37.8. The van der Waals surface area contributed by atoms with Crippen LogP contribution in [0.5, 0.6) is 0 Å². The van der Waals surface area contributed by atoms with Crippen molar-refractivity contribution in [2.45, 2.75) is 235 Å². The zero-order valence-electron chi connectivity index (χ0n) is 82.3. The molecule has 3 heterocycles. The minimum absolute atomic E-state index is 0.0219. The van der Waals surface area contributed by atoms with Crippen molar-refractivity contribution < 1.29 is 62.3 Å². The minimum Gasteiger partial charge on any atom is -0.370 e. The summed E-state index contributed by atoms with van der Waals surface area (Å²) in [5.74, 6) is -9.95. The third-order valence-corrected chi connectivity index (χ3v) is 27.6. The Morgan fingerprint density at radius 2 is 0.604 bits per heavy atom. The number of guanidine groups is 2. The summed E-state index contributed by atoms with van der Waals surface area (Å²) >= 11 is 0. The number of unbranched alkanes of at least 4 members (excludes halogenated alkanes) is 1. The Balaban J connectivity index is 0.785. The van der Waals surface area contributed by atoms with Gasteiger partial charge in [-0.25, -0.2) is 0 Å². The lowest BCUT2D eigenvalue weighted by Crippen LogP contribution is -2.61. The number of carbonyl (C=O) groups excluding carboxylic acids is 13. The zero-order valence-corrected chi connectivity index (χ0v) is 82.3. The largest absolute Gasteiger partial charge is 0.370 e. The van der Waals surface area contributed by atoms with Crippen LogP contribution < -0.4 is 87.2 Å². The molecular weight excluding hydrogens is 1820 g/mol. The van der Waals surface area contributed by atoms with Gasteiger partial charge in [0.2, 0.25) is 76.8 Å². The normalized spacial score (nSPS) is 16.9. The van der Waals surface area contributed by atoms with E-state index in [0.29, 0.717) is 66.3 Å². The monoisotopic (exact) mass is 1960 g/mol. The maximum Gasteiger partial charge on any atom is 0.246 e. The van der Waals surface area contributed by atoms with Crippen LogP contribution in [-0.2, 0) is 94.4 Å². The number of fused-ring (bicyclic) bond motifs is 5. The van der Waals surface area contributed by atoms with Crippen LogP contribution in [0, 0.1) is 22.7 Å². The van der Waals surface area contributed by atoms with Crippen LogP contribution >= 0.6 is 0 Å². The fourth-order valence-corrected chi connectivity index (χ4v) is 19.6. The smallest absolute Gasteiger partial charge is 0.246 e. The molecule has 0 aromatic heterocycles. The zero-order chi connectivity index (χ0) is 103. The van der Waals surface area contributed by atoms with Gasteiger partial charge in [0.1, 0.15) is 72.5 Å². The average molecular weight is 1960 g/mol. The number of nitrogens with zero attached hydrogens (tertiary/aromatic N) is 3. The van der Waals surface area contributed by atoms with E-state index < -0.39 is 155 Å². The van der Waals surface area contributed by atoms with Crippen LogP contribution in [-0.4, -0.2) is 221 Å². The maximum absolute atomic E-state index is 16.2. The molecule has 0 spiro atoms. The first-order chi connectivity index (χ1) is 69.3. The standard InChI is InChI=1S/C110H137N21O13/c1-5-67(4)95(112)105(141)128-89(55-66(2)3)106(142)129-52-20-36-92(129)102(138)123-86(61-68-39-44-73-23-6-11-28-78(73)56-68)99(135)121-84(33-16-17-49-111)98(134)126-90(64-71-42-47-76-26-9-14-31-81(76)59-71)107(143)130-53-21-38-94(130)104(140)125-88(63-70-41-46-75-25-8-13-30-80(75)58-70)101(137)127-91(65-72-43-48-77-27-10-15-32-82(77)60-72)108(144)131-54-22-37-93(131)103(139)124-87(62-69-40-45-74-24-7-12-29-79(74)57-69)100(136)122-85(35-19-51-119-110(116)117)97(133)120-83(96(113)132)34-18-50-118-109(114)115/h6-15,23-32,39-48,56-60,66-67,83-95H,5,16-22,33-38,49-55,61-65,111-112H2,1-4H3,(H2,113,132)(H,120,133)(H,121,135)(H,122,136)(H,123,138)(H,124,139)(H,125,140)(H,126,134)(H,127,137)(H,128,141)(H4,114,115,118)(H4,116,117,119)/t67-,83-,84-,85-,86-,87-,88-,89-,90-,91-,92-,93-,94-,95-/m0/s1. The fourth-order valence-electron chi connectivity index (χ4n) is 19.6. The highest BCUT2D eigenvalue weighted by atomic mass is 16.2. The highest BCUT2D eigenvalue weighted by Crippen LogP contribution is 2.30. The molecule has 34 nitrogen and oxygen atoms in total. The summed E-state index contributed by atoms with van der Waals surface area (Å²) in [4.78, 5) is 202. The van der Waals surface area contributed by atoms with E-state index in [1.165, 1.54) is 14.7 Å². The molecular formula is C110H137N21O13. The van der Waals surface area contributed by atoms with Crippen LogP contribution in [0.3, 0.4) is 0 Å². The van der Waals surface area contributed by atoms with Crippen molar-refractivity contribution in [2.75, 3.05) is 39.3 Å². The first-order valence-corrected chi connectivity index (χ1v) is 50.3. The molecule has 0 saturated carbocycles. The van der Waals surface area contributed by atoms with Crippen molar-refractivity contribution in [3.05, 3.63) is 240 Å². The van der Waals surface area contributed by atoms with Gasteiger partial charge in [-0.2, -0.15) is 0 Å². The molecule has 0 aliphatic carbocycles. The van der Waals surface area contributed by atoms with Crippen LogP contribution in [0.15, 0.2) is 212 Å². The van der Waals surface area contributed by atoms with Gasteiger partial charge in [-0.05, 0) is 190 Å². The average Bonchev–Trinajstić information content (AvgIpc) is 1.50. The molecule has 13 amide bonds. The van der Waals surface area contributed by atoms with E-state index in [9.17, 15) is 19.2 Å². The Bertz CT molecular complexity index is 6320. The lowest BCUT2D eigenvalue weighted by atomic mass is 9.97. The molecule has 0 bridgehead atoms. The number of carbonyl (C=O) groups is 13. The Morgan fingerprint density at radius 3 is 0.903 bits per heavy atom. The summed E-state index contributed by atoms with van der Waals surface area (Å²) in [6.07, 6.45) is 3.07. The van der Waals surface area contributed by atoms with Crippen molar-refractivity contribution in [1.29, 1.82) is 10.8 Å².